The molecule has 0 radical (unpaired) electrons. The number of hydrogen-bond acceptors (Lipinski definition) is 4. The summed E-state index contributed by atoms with van der Waals surface area (Å²) in [7, 11) is 1.42. The SMILES string of the molecule is CNC(=O)CNC(=O)c1ccc(OCC(F)(F)F)nc1. The maximum atomic E-state index is 11.9. The number of likely N-dealkylation sites (N-methyl/N-ethyl adjacent to an activating group) is 1. The van der Waals surface area contributed by atoms with Crippen LogP contribution in [-0.4, -0.2) is 43.2 Å². The average Bonchev–Trinajstić information content (AvgIpc) is 2.41. The van der Waals surface area contributed by atoms with Crippen molar-refractivity contribution in [3.8, 4) is 5.88 Å². The number of carbonyl (C=O) groups is 2. The lowest BCUT2D eigenvalue weighted by Crippen LogP contribution is -2.35. The van der Waals surface area contributed by atoms with Gasteiger partial charge in [0.25, 0.3) is 5.91 Å². The quantitative estimate of drug-likeness (QED) is 0.828. The zero-order valence-corrected chi connectivity index (χ0v) is 10.5. The standard InChI is InChI=1S/C11H12F3N3O3/c1-15-8(18)5-17-10(19)7-2-3-9(16-4-7)20-6-11(12,13)14/h2-4H,5-6H2,1H3,(H,15,18)(H,17,19). The molecule has 0 bridgehead atoms. The zero-order valence-electron chi connectivity index (χ0n) is 10.5. The summed E-state index contributed by atoms with van der Waals surface area (Å²) < 4.78 is 40.1. The molecule has 0 spiro atoms. The van der Waals surface area contributed by atoms with Crippen LogP contribution in [0, 0.1) is 0 Å². The van der Waals surface area contributed by atoms with Crippen LogP contribution in [0.5, 0.6) is 5.88 Å². The molecular weight excluding hydrogens is 279 g/mol. The van der Waals surface area contributed by atoms with E-state index in [9.17, 15) is 22.8 Å². The Kier molecular flexibility index (Phi) is 5.30. The van der Waals surface area contributed by atoms with Crippen molar-refractivity contribution in [2.75, 3.05) is 20.2 Å². The molecule has 1 heterocycles. The molecule has 0 saturated heterocycles. The van der Waals surface area contributed by atoms with Crippen molar-refractivity contribution in [1.29, 1.82) is 0 Å². The van der Waals surface area contributed by atoms with Gasteiger partial charge in [-0.2, -0.15) is 13.2 Å². The average molecular weight is 291 g/mol. The van der Waals surface area contributed by atoms with Gasteiger partial charge in [-0.1, -0.05) is 0 Å². The summed E-state index contributed by atoms with van der Waals surface area (Å²) >= 11 is 0. The Bertz CT molecular complexity index is 474. The van der Waals surface area contributed by atoms with Gasteiger partial charge in [0.15, 0.2) is 6.61 Å². The lowest BCUT2D eigenvalue weighted by Gasteiger charge is -2.08. The third-order valence-electron chi connectivity index (χ3n) is 2.07. The van der Waals surface area contributed by atoms with Gasteiger partial charge in [0, 0.05) is 19.3 Å². The van der Waals surface area contributed by atoms with E-state index < -0.39 is 18.7 Å². The normalized spacial score (nSPS) is 10.8. The summed E-state index contributed by atoms with van der Waals surface area (Å²) in [6.45, 7) is -1.66. The molecule has 0 aliphatic rings. The summed E-state index contributed by atoms with van der Waals surface area (Å²) in [4.78, 5) is 26.0. The molecule has 6 nitrogen and oxygen atoms in total. The van der Waals surface area contributed by atoms with Crippen LogP contribution in [0.3, 0.4) is 0 Å². The molecule has 1 aromatic rings. The lowest BCUT2D eigenvalue weighted by atomic mass is 10.2. The molecule has 9 heteroatoms. The van der Waals surface area contributed by atoms with Crippen molar-refractivity contribution in [2.45, 2.75) is 6.18 Å². The number of ether oxygens (including phenoxy) is 1. The highest BCUT2D eigenvalue weighted by atomic mass is 19.4. The van der Waals surface area contributed by atoms with Crippen LogP contribution in [0.15, 0.2) is 18.3 Å². The van der Waals surface area contributed by atoms with Crippen LogP contribution < -0.4 is 15.4 Å². The van der Waals surface area contributed by atoms with E-state index in [0.29, 0.717) is 0 Å². The predicted molar refractivity (Wildman–Crippen MR) is 62.2 cm³/mol. The Morgan fingerprint density at radius 2 is 2.05 bits per heavy atom. The van der Waals surface area contributed by atoms with E-state index in [2.05, 4.69) is 20.4 Å². The summed E-state index contributed by atoms with van der Waals surface area (Å²) in [5.74, 6) is -1.19. The Morgan fingerprint density at radius 1 is 1.35 bits per heavy atom. The summed E-state index contributed by atoms with van der Waals surface area (Å²) in [6, 6.07) is 2.39. The molecule has 0 atom stereocenters. The predicted octanol–water partition coefficient (Wildman–Crippen LogP) is 0.498. The smallest absolute Gasteiger partial charge is 0.422 e. The molecule has 0 saturated carbocycles. The number of halogens is 3. The monoisotopic (exact) mass is 291 g/mol. The summed E-state index contributed by atoms with van der Waals surface area (Å²) in [6.07, 6.45) is -3.39. The highest BCUT2D eigenvalue weighted by molar-refractivity contribution is 5.96. The Balaban J connectivity index is 2.53. The highest BCUT2D eigenvalue weighted by Gasteiger charge is 2.28. The number of nitrogens with one attached hydrogen (secondary N) is 2. The van der Waals surface area contributed by atoms with Gasteiger partial charge in [-0.15, -0.1) is 0 Å². The van der Waals surface area contributed by atoms with Crippen LogP contribution in [0.25, 0.3) is 0 Å². The first-order chi connectivity index (χ1) is 9.31. The van der Waals surface area contributed by atoms with E-state index in [1.165, 1.54) is 13.1 Å². The topological polar surface area (TPSA) is 80.3 Å². The van der Waals surface area contributed by atoms with Gasteiger partial charge in [-0.05, 0) is 6.07 Å². The molecule has 1 rings (SSSR count). The number of amides is 2. The molecular formula is C11H12F3N3O3. The van der Waals surface area contributed by atoms with Crippen molar-refractivity contribution < 1.29 is 27.5 Å². The fourth-order valence-electron chi connectivity index (χ4n) is 1.11. The molecule has 0 aromatic carbocycles. The van der Waals surface area contributed by atoms with Crippen LogP contribution in [0.1, 0.15) is 10.4 Å². The molecule has 2 N–H and O–H groups in total. The minimum atomic E-state index is -4.45. The number of hydrogen-bond donors (Lipinski definition) is 2. The summed E-state index contributed by atoms with van der Waals surface area (Å²) in [5, 5.41) is 4.63. The van der Waals surface area contributed by atoms with Gasteiger partial charge in [0.1, 0.15) is 0 Å². The van der Waals surface area contributed by atoms with E-state index in [1.807, 2.05) is 0 Å². The first-order valence-electron chi connectivity index (χ1n) is 5.46. The van der Waals surface area contributed by atoms with Crippen LogP contribution in [0.4, 0.5) is 13.2 Å². The van der Waals surface area contributed by atoms with E-state index in [0.717, 1.165) is 12.3 Å². The van der Waals surface area contributed by atoms with Crippen molar-refractivity contribution in [2.24, 2.45) is 0 Å². The number of carbonyl (C=O) groups excluding carboxylic acids is 2. The van der Waals surface area contributed by atoms with Crippen molar-refractivity contribution in [3.63, 3.8) is 0 Å². The van der Waals surface area contributed by atoms with Crippen LogP contribution >= 0.6 is 0 Å². The number of pyridine rings is 1. The molecule has 0 aliphatic carbocycles. The maximum Gasteiger partial charge on any atom is 0.422 e. The second-order valence-electron chi connectivity index (χ2n) is 3.64. The fourth-order valence-corrected chi connectivity index (χ4v) is 1.11. The van der Waals surface area contributed by atoms with Crippen molar-refractivity contribution in [1.82, 2.24) is 15.6 Å². The first kappa shape index (κ1) is 15.7. The van der Waals surface area contributed by atoms with Crippen LogP contribution in [-0.2, 0) is 4.79 Å². The summed E-state index contributed by atoms with van der Waals surface area (Å²) in [5.41, 5.74) is 0.105. The molecule has 110 valence electrons. The number of aromatic nitrogens is 1. The van der Waals surface area contributed by atoms with Gasteiger partial charge in [-0.3, -0.25) is 9.59 Å². The highest BCUT2D eigenvalue weighted by Crippen LogP contribution is 2.16. The molecule has 0 fully saturated rings. The third kappa shape index (κ3) is 5.55. The number of rotatable bonds is 5. The van der Waals surface area contributed by atoms with E-state index in [-0.39, 0.29) is 23.9 Å². The zero-order chi connectivity index (χ0) is 15.2. The largest absolute Gasteiger partial charge is 0.468 e. The van der Waals surface area contributed by atoms with E-state index >= 15 is 0 Å². The van der Waals surface area contributed by atoms with Gasteiger partial charge in [0.05, 0.1) is 12.1 Å². The molecule has 0 unspecified atom stereocenters. The van der Waals surface area contributed by atoms with Crippen molar-refractivity contribution >= 4 is 11.8 Å². The Labute approximate surface area is 112 Å². The second-order valence-corrected chi connectivity index (χ2v) is 3.64. The maximum absolute atomic E-state index is 11.9. The number of nitrogens with zero attached hydrogens (tertiary/aromatic N) is 1. The van der Waals surface area contributed by atoms with Gasteiger partial charge in [0.2, 0.25) is 11.8 Å². The number of alkyl halides is 3. The molecule has 2 amide bonds. The fraction of sp³-hybridized carbons (Fsp3) is 0.364. The second kappa shape index (κ2) is 6.73. The van der Waals surface area contributed by atoms with Crippen molar-refractivity contribution in [3.05, 3.63) is 23.9 Å². The molecule has 1 aromatic heterocycles. The molecule has 20 heavy (non-hydrogen) atoms. The Hall–Kier alpha value is -2.32. The van der Waals surface area contributed by atoms with E-state index in [4.69, 9.17) is 0 Å². The van der Waals surface area contributed by atoms with E-state index in [1.54, 1.807) is 0 Å². The first-order valence-corrected chi connectivity index (χ1v) is 5.46. The lowest BCUT2D eigenvalue weighted by molar-refractivity contribution is -0.154. The minimum Gasteiger partial charge on any atom is -0.468 e. The van der Waals surface area contributed by atoms with Gasteiger partial charge < -0.3 is 15.4 Å². The Morgan fingerprint density at radius 3 is 2.55 bits per heavy atom. The van der Waals surface area contributed by atoms with Crippen LogP contribution in [0.2, 0.25) is 0 Å². The van der Waals surface area contributed by atoms with Gasteiger partial charge >= 0.3 is 6.18 Å². The minimum absolute atomic E-state index is 0.105. The van der Waals surface area contributed by atoms with Gasteiger partial charge in [-0.25, -0.2) is 4.98 Å². The third-order valence-corrected chi connectivity index (χ3v) is 2.07. The molecule has 0 aliphatic heterocycles.